The summed E-state index contributed by atoms with van der Waals surface area (Å²) in [4.78, 5) is 21.8. The van der Waals surface area contributed by atoms with Crippen molar-refractivity contribution in [1.82, 2.24) is 15.3 Å². The Morgan fingerprint density at radius 1 is 1.21 bits per heavy atom. The largest absolute Gasteiger partial charge is 0.418 e. The second-order valence-electron chi connectivity index (χ2n) is 5.09. The number of amides is 2. The Morgan fingerprint density at radius 3 is 2.58 bits per heavy atom. The molecule has 0 saturated heterocycles. The lowest BCUT2D eigenvalue weighted by molar-refractivity contribution is -0.136. The van der Waals surface area contributed by atoms with E-state index in [9.17, 15) is 18.0 Å². The second-order valence-corrected chi connectivity index (χ2v) is 5.09. The third-order valence-corrected chi connectivity index (χ3v) is 3.01. The molecular weight excluding hydrogens is 323 g/mol. The van der Waals surface area contributed by atoms with Gasteiger partial charge in [0, 0.05) is 20.3 Å². The Morgan fingerprint density at radius 2 is 1.92 bits per heavy atom. The third kappa shape index (κ3) is 4.58. The first-order valence-corrected chi connectivity index (χ1v) is 6.97. The number of alkyl halides is 3. The molecular formula is C15H16F3N5O. The van der Waals surface area contributed by atoms with Crippen LogP contribution in [0.1, 0.15) is 11.3 Å². The van der Waals surface area contributed by atoms with Crippen LogP contribution in [-0.4, -0.2) is 30.1 Å². The van der Waals surface area contributed by atoms with Gasteiger partial charge in [-0.2, -0.15) is 13.2 Å². The number of anilines is 2. The first-order valence-electron chi connectivity index (χ1n) is 6.97. The molecule has 2 amide bonds. The predicted octanol–water partition coefficient (Wildman–Crippen LogP) is 2.88. The minimum Gasteiger partial charge on any atom is -0.347 e. The fourth-order valence-electron chi connectivity index (χ4n) is 1.88. The van der Waals surface area contributed by atoms with Crippen molar-refractivity contribution >= 4 is 17.7 Å². The Bertz CT molecular complexity index is 718. The Labute approximate surface area is 136 Å². The lowest BCUT2D eigenvalue weighted by Gasteiger charge is -2.14. The maximum atomic E-state index is 12.9. The SMILES string of the molecule is CN(C)c1nccc(CNC(=O)Nc2ccccc2C(F)(F)F)n1. The molecule has 24 heavy (non-hydrogen) atoms. The van der Waals surface area contributed by atoms with Crippen LogP contribution in [0.4, 0.5) is 29.6 Å². The van der Waals surface area contributed by atoms with Crippen molar-refractivity contribution < 1.29 is 18.0 Å². The molecule has 9 heteroatoms. The number of carbonyl (C=O) groups excluding carboxylic acids is 1. The molecule has 0 bridgehead atoms. The van der Waals surface area contributed by atoms with Crippen LogP contribution in [0.2, 0.25) is 0 Å². The summed E-state index contributed by atoms with van der Waals surface area (Å²) in [6.45, 7) is 0.0589. The van der Waals surface area contributed by atoms with E-state index >= 15 is 0 Å². The van der Waals surface area contributed by atoms with Gasteiger partial charge in [-0.3, -0.25) is 0 Å². The highest BCUT2D eigenvalue weighted by molar-refractivity contribution is 5.90. The lowest BCUT2D eigenvalue weighted by Crippen LogP contribution is -2.29. The summed E-state index contributed by atoms with van der Waals surface area (Å²) in [6, 6.07) is 5.63. The quantitative estimate of drug-likeness (QED) is 0.899. The van der Waals surface area contributed by atoms with E-state index in [2.05, 4.69) is 20.6 Å². The molecule has 0 aliphatic heterocycles. The van der Waals surface area contributed by atoms with Crippen LogP contribution in [0, 0.1) is 0 Å². The molecule has 0 aliphatic carbocycles. The molecule has 0 atom stereocenters. The summed E-state index contributed by atoms with van der Waals surface area (Å²) in [5.74, 6) is 0.470. The highest BCUT2D eigenvalue weighted by Crippen LogP contribution is 2.34. The molecule has 0 unspecified atom stereocenters. The zero-order valence-corrected chi connectivity index (χ0v) is 13.1. The molecule has 1 aromatic heterocycles. The fourth-order valence-corrected chi connectivity index (χ4v) is 1.88. The topological polar surface area (TPSA) is 70.2 Å². The van der Waals surface area contributed by atoms with Gasteiger partial charge in [-0.05, 0) is 18.2 Å². The van der Waals surface area contributed by atoms with Crippen molar-refractivity contribution in [3.63, 3.8) is 0 Å². The standard InChI is InChI=1S/C15H16F3N5O/c1-23(2)13-19-8-7-10(21-13)9-20-14(24)22-12-6-4-3-5-11(12)15(16,17)18/h3-8H,9H2,1-2H3,(H2,20,22,24). The highest BCUT2D eigenvalue weighted by Gasteiger charge is 2.33. The van der Waals surface area contributed by atoms with Gasteiger partial charge in [0.15, 0.2) is 0 Å². The molecule has 128 valence electrons. The maximum Gasteiger partial charge on any atom is 0.418 e. The van der Waals surface area contributed by atoms with Crippen LogP contribution in [0.3, 0.4) is 0 Å². The smallest absolute Gasteiger partial charge is 0.347 e. The number of carbonyl (C=O) groups is 1. The van der Waals surface area contributed by atoms with Gasteiger partial charge >= 0.3 is 12.2 Å². The van der Waals surface area contributed by atoms with E-state index in [1.54, 1.807) is 25.1 Å². The average Bonchev–Trinajstić information content (AvgIpc) is 2.52. The number of nitrogens with one attached hydrogen (secondary N) is 2. The van der Waals surface area contributed by atoms with Crippen molar-refractivity contribution in [2.45, 2.75) is 12.7 Å². The normalized spacial score (nSPS) is 11.0. The van der Waals surface area contributed by atoms with Gasteiger partial charge in [0.25, 0.3) is 0 Å². The van der Waals surface area contributed by atoms with E-state index in [1.807, 2.05) is 0 Å². The average molecular weight is 339 g/mol. The highest BCUT2D eigenvalue weighted by atomic mass is 19.4. The van der Waals surface area contributed by atoms with Crippen molar-refractivity contribution in [2.24, 2.45) is 0 Å². The van der Waals surface area contributed by atoms with Crippen LogP contribution >= 0.6 is 0 Å². The molecule has 1 aromatic carbocycles. The number of hydrogen-bond acceptors (Lipinski definition) is 4. The molecule has 6 nitrogen and oxygen atoms in total. The van der Waals surface area contributed by atoms with Crippen molar-refractivity contribution in [2.75, 3.05) is 24.3 Å². The fraction of sp³-hybridized carbons (Fsp3) is 0.267. The van der Waals surface area contributed by atoms with Crippen molar-refractivity contribution in [1.29, 1.82) is 0 Å². The van der Waals surface area contributed by atoms with Gasteiger partial charge in [0.05, 0.1) is 23.5 Å². The number of urea groups is 1. The van der Waals surface area contributed by atoms with E-state index in [0.29, 0.717) is 11.6 Å². The molecule has 0 spiro atoms. The van der Waals surface area contributed by atoms with Gasteiger partial charge in [-0.1, -0.05) is 12.1 Å². The summed E-state index contributed by atoms with van der Waals surface area (Å²) in [5, 5.41) is 4.67. The summed E-state index contributed by atoms with van der Waals surface area (Å²) in [7, 11) is 3.54. The zero-order valence-electron chi connectivity index (χ0n) is 13.1. The van der Waals surface area contributed by atoms with Crippen molar-refractivity contribution in [3.8, 4) is 0 Å². The monoisotopic (exact) mass is 339 g/mol. The van der Waals surface area contributed by atoms with Crippen LogP contribution in [0.25, 0.3) is 0 Å². The summed E-state index contributed by atoms with van der Waals surface area (Å²) in [5.41, 5.74) is -0.677. The molecule has 1 heterocycles. The van der Waals surface area contributed by atoms with Gasteiger partial charge < -0.3 is 15.5 Å². The molecule has 0 radical (unpaired) electrons. The predicted molar refractivity (Wildman–Crippen MR) is 83.7 cm³/mol. The molecule has 2 aromatic rings. The van der Waals surface area contributed by atoms with Crippen molar-refractivity contribution in [3.05, 3.63) is 47.8 Å². The molecule has 0 saturated carbocycles. The van der Waals surface area contributed by atoms with E-state index in [4.69, 9.17) is 0 Å². The maximum absolute atomic E-state index is 12.9. The second kappa shape index (κ2) is 7.16. The summed E-state index contributed by atoms with van der Waals surface area (Å²) < 4.78 is 38.6. The van der Waals surface area contributed by atoms with Crippen LogP contribution < -0.4 is 15.5 Å². The number of aromatic nitrogens is 2. The summed E-state index contributed by atoms with van der Waals surface area (Å²) in [6.07, 6.45) is -3.01. The van der Waals surface area contributed by atoms with Crippen LogP contribution in [0.5, 0.6) is 0 Å². The Balaban J connectivity index is 2.01. The van der Waals surface area contributed by atoms with E-state index in [-0.39, 0.29) is 12.2 Å². The van der Waals surface area contributed by atoms with Crippen LogP contribution in [0.15, 0.2) is 36.5 Å². The van der Waals surface area contributed by atoms with Gasteiger partial charge in [0.2, 0.25) is 5.95 Å². The van der Waals surface area contributed by atoms with E-state index in [1.165, 1.54) is 24.4 Å². The Kier molecular flexibility index (Phi) is 5.22. The number of halogens is 3. The van der Waals surface area contributed by atoms with Gasteiger partial charge in [0.1, 0.15) is 0 Å². The van der Waals surface area contributed by atoms with Gasteiger partial charge in [-0.15, -0.1) is 0 Å². The number of para-hydroxylation sites is 1. The van der Waals surface area contributed by atoms with E-state index < -0.39 is 17.8 Å². The molecule has 2 rings (SSSR count). The first-order chi connectivity index (χ1) is 11.3. The minimum absolute atomic E-state index is 0.0589. The number of rotatable bonds is 4. The first kappa shape index (κ1) is 17.5. The van der Waals surface area contributed by atoms with Crippen LogP contribution in [-0.2, 0) is 12.7 Å². The Hall–Kier alpha value is -2.84. The van der Waals surface area contributed by atoms with E-state index in [0.717, 1.165) is 6.07 Å². The minimum atomic E-state index is -4.54. The zero-order chi connectivity index (χ0) is 17.7. The number of nitrogens with zero attached hydrogens (tertiary/aromatic N) is 3. The summed E-state index contributed by atoms with van der Waals surface area (Å²) >= 11 is 0. The molecule has 0 fully saturated rings. The molecule has 0 aliphatic rings. The lowest BCUT2D eigenvalue weighted by atomic mass is 10.1. The van der Waals surface area contributed by atoms with Gasteiger partial charge in [-0.25, -0.2) is 14.8 Å². The third-order valence-electron chi connectivity index (χ3n) is 3.01. The number of hydrogen-bond donors (Lipinski definition) is 2. The molecule has 2 N–H and O–H groups in total. The number of benzene rings is 1.